The molecule has 21 heavy (non-hydrogen) atoms. The number of nitrogens with zero attached hydrogens (tertiary/aromatic N) is 1. The summed E-state index contributed by atoms with van der Waals surface area (Å²) in [6.45, 7) is 2.15. The molecule has 0 aliphatic rings. The number of aromatic carboxylic acids is 1. The van der Waals surface area contributed by atoms with Crippen LogP contribution in [0.4, 0.5) is 5.69 Å². The number of rotatable bonds is 6. The molecule has 2 rings (SSSR count). The second-order valence-corrected chi connectivity index (χ2v) is 4.75. The van der Waals surface area contributed by atoms with Gasteiger partial charge in [-0.05, 0) is 42.7 Å². The molecule has 1 aromatic carbocycles. The first-order chi connectivity index (χ1) is 10.1. The number of ether oxygens (including phenoxy) is 1. The van der Waals surface area contributed by atoms with Gasteiger partial charge in [0, 0.05) is 0 Å². The number of nitrogen functional groups attached to an aromatic ring is 1. The van der Waals surface area contributed by atoms with E-state index in [2.05, 4.69) is 11.9 Å². The van der Waals surface area contributed by atoms with E-state index < -0.39 is 5.97 Å². The molecule has 0 amide bonds. The Hall–Kier alpha value is -2.56. The number of carboxylic acids is 1. The molecule has 0 radical (unpaired) electrons. The van der Waals surface area contributed by atoms with Gasteiger partial charge in [-0.1, -0.05) is 25.5 Å². The molecule has 0 aliphatic carbocycles. The van der Waals surface area contributed by atoms with Crippen molar-refractivity contribution in [3.63, 3.8) is 0 Å². The van der Waals surface area contributed by atoms with Gasteiger partial charge in [0.2, 0.25) is 5.88 Å². The van der Waals surface area contributed by atoms with Crippen LogP contribution in [-0.2, 0) is 6.42 Å². The highest BCUT2D eigenvalue weighted by molar-refractivity contribution is 5.86. The third-order valence-corrected chi connectivity index (χ3v) is 3.07. The lowest BCUT2D eigenvalue weighted by molar-refractivity contribution is 0.0689. The van der Waals surface area contributed by atoms with E-state index in [1.165, 1.54) is 17.7 Å². The van der Waals surface area contributed by atoms with Crippen LogP contribution in [-0.4, -0.2) is 16.1 Å². The molecule has 0 fully saturated rings. The predicted octanol–water partition coefficient (Wildman–Crippen LogP) is 3.50. The summed E-state index contributed by atoms with van der Waals surface area (Å²) in [7, 11) is 0. The van der Waals surface area contributed by atoms with Crippen molar-refractivity contribution in [2.45, 2.75) is 26.2 Å². The minimum absolute atomic E-state index is 0.0984. The Morgan fingerprint density at radius 2 is 1.95 bits per heavy atom. The summed E-state index contributed by atoms with van der Waals surface area (Å²) in [6, 6.07) is 10.5. The number of hydrogen-bond acceptors (Lipinski definition) is 4. The Labute approximate surface area is 123 Å². The first-order valence-electron chi connectivity index (χ1n) is 6.86. The summed E-state index contributed by atoms with van der Waals surface area (Å²) in [6.07, 6.45) is 3.34. The van der Waals surface area contributed by atoms with Crippen LogP contribution in [0, 0.1) is 0 Å². The second kappa shape index (κ2) is 6.74. The van der Waals surface area contributed by atoms with Crippen LogP contribution >= 0.6 is 0 Å². The van der Waals surface area contributed by atoms with Crippen molar-refractivity contribution in [2.24, 2.45) is 0 Å². The highest BCUT2D eigenvalue weighted by Gasteiger charge is 2.10. The van der Waals surface area contributed by atoms with Crippen LogP contribution < -0.4 is 10.5 Å². The van der Waals surface area contributed by atoms with Gasteiger partial charge in [-0.3, -0.25) is 0 Å². The molecule has 1 aromatic heterocycles. The first kappa shape index (κ1) is 14.8. The average molecular weight is 286 g/mol. The van der Waals surface area contributed by atoms with Crippen LogP contribution in [0.15, 0.2) is 36.4 Å². The normalized spacial score (nSPS) is 10.3. The Morgan fingerprint density at radius 3 is 2.57 bits per heavy atom. The van der Waals surface area contributed by atoms with Gasteiger partial charge in [-0.25, -0.2) is 9.78 Å². The molecule has 0 bridgehead atoms. The third kappa shape index (κ3) is 3.95. The maximum atomic E-state index is 10.9. The molecule has 0 atom stereocenters. The topological polar surface area (TPSA) is 85.4 Å². The van der Waals surface area contributed by atoms with Crippen molar-refractivity contribution in [1.29, 1.82) is 0 Å². The Bertz CT molecular complexity index is 624. The zero-order valence-corrected chi connectivity index (χ0v) is 11.9. The van der Waals surface area contributed by atoms with E-state index in [1.807, 2.05) is 24.3 Å². The molecule has 0 saturated carbocycles. The zero-order valence-electron chi connectivity index (χ0n) is 11.9. The zero-order chi connectivity index (χ0) is 15.2. The fraction of sp³-hybridized carbons (Fsp3) is 0.250. The Kier molecular flexibility index (Phi) is 4.77. The van der Waals surface area contributed by atoms with E-state index in [0.717, 1.165) is 19.3 Å². The minimum Gasteiger partial charge on any atom is -0.477 e. The SMILES string of the molecule is CCCCc1ccc(Oc2nc(C(=O)O)ccc2N)cc1. The highest BCUT2D eigenvalue weighted by atomic mass is 16.5. The van der Waals surface area contributed by atoms with Crippen LogP contribution in [0.3, 0.4) is 0 Å². The van der Waals surface area contributed by atoms with Gasteiger partial charge in [0.05, 0.1) is 5.69 Å². The van der Waals surface area contributed by atoms with E-state index >= 15 is 0 Å². The van der Waals surface area contributed by atoms with Crippen molar-refractivity contribution in [2.75, 3.05) is 5.73 Å². The highest BCUT2D eigenvalue weighted by Crippen LogP contribution is 2.26. The van der Waals surface area contributed by atoms with Crippen molar-refractivity contribution in [3.05, 3.63) is 47.7 Å². The quantitative estimate of drug-likeness (QED) is 0.848. The molecule has 1 heterocycles. The number of pyridine rings is 1. The largest absolute Gasteiger partial charge is 0.477 e. The molecular formula is C16H18N2O3. The predicted molar refractivity (Wildman–Crippen MR) is 80.7 cm³/mol. The molecular weight excluding hydrogens is 268 g/mol. The molecule has 0 saturated heterocycles. The van der Waals surface area contributed by atoms with Crippen molar-refractivity contribution >= 4 is 11.7 Å². The maximum absolute atomic E-state index is 10.9. The molecule has 2 aromatic rings. The van der Waals surface area contributed by atoms with Gasteiger partial charge in [0.25, 0.3) is 0 Å². The number of nitrogens with two attached hydrogens (primary N) is 1. The van der Waals surface area contributed by atoms with E-state index in [-0.39, 0.29) is 11.6 Å². The number of benzene rings is 1. The molecule has 0 unspecified atom stereocenters. The number of anilines is 1. The summed E-state index contributed by atoms with van der Waals surface area (Å²) in [5.74, 6) is -0.428. The minimum atomic E-state index is -1.12. The van der Waals surface area contributed by atoms with Crippen LogP contribution in [0.5, 0.6) is 11.6 Å². The van der Waals surface area contributed by atoms with E-state index in [0.29, 0.717) is 11.4 Å². The van der Waals surface area contributed by atoms with Gasteiger partial charge >= 0.3 is 5.97 Å². The fourth-order valence-electron chi connectivity index (χ4n) is 1.87. The van der Waals surface area contributed by atoms with E-state index in [4.69, 9.17) is 15.6 Å². The lowest BCUT2D eigenvalue weighted by Gasteiger charge is -2.08. The standard InChI is InChI=1S/C16H18N2O3/c1-2-3-4-11-5-7-12(8-6-11)21-15-13(17)9-10-14(18-15)16(19)20/h5-10H,2-4,17H2,1H3,(H,19,20). The van der Waals surface area contributed by atoms with E-state index in [9.17, 15) is 4.79 Å². The molecule has 0 spiro atoms. The number of aryl methyl sites for hydroxylation is 1. The van der Waals surface area contributed by atoms with Crippen molar-refractivity contribution in [3.8, 4) is 11.6 Å². The van der Waals surface area contributed by atoms with Crippen LogP contribution in [0.1, 0.15) is 35.8 Å². The fourth-order valence-corrected chi connectivity index (χ4v) is 1.87. The number of hydrogen-bond donors (Lipinski definition) is 2. The Balaban J connectivity index is 2.14. The average Bonchev–Trinajstić information content (AvgIpc) is 2.48. The third-order valence-electron chi connectivity index (χ3n) is 3.07. The molecule has 110 valence electrons. The maximum Gasteiger partial charge on any atom is 0.354 e. The lowest BCUT2D eigenvalue weighted by Crippen LogP contribution is -2.03. The smallest absolute Gasteiger partial charge is 0.354 e. The number of unbranched alkanes of at least 4 members (excludes halogenated alkanes) is 1. The monoisotopic (exact) mass is 286 g/mol. The summed E-state index contributed by atoms with van der Waals surface area (Å²) < 4.78 is 5.56. The number of carboxylic acid groups (broad SMARTS) is 1. The molecule has 5 heteroatoms. The van der Waals surface area contributed by atoms with Crippen LogP contribution in [0.25, 0.3) is 0 Å². The van der Waals surface area contributed by atoms with Gasteiger partial charge in [-0.15, -0.1) is 0 Å². The number of aromatic nitrogens is 1. The van der Waals surface area contributed by atoms with Crippen LogP contribution in [0.2, 0.25) is 0 Å². The van der Waals surface area contributed by atoms with Crippen molar-refractivity contribution < 1.29 is 14.6 Å². The van der Waals surface area contributed by atoms with E-state index in [1.54, 1.807) is 0 Å². The summed E-state index contributed by atoms with van der Waals surface area (Å²) >= 11 is 0. The van der Waals surface area contributed by atoms with Gasteiger partial charge in [0.15, 0.2) is 5.69 Å². The second-order valence-electron chi connectivity index (χ2n) is 4.75. The summed E-state index contributed by atoms with van der Waals surface area (Å²) in [4.78, 5) is 14.8. The summed E-state index contributed by atoms with van der Waals surface area (Å²) in [5.41, 5.74) is 7.20. The first-order valence-corrected chi connectivity index (χ1v) is 6.86. The summed E-state index contributed by atoms with van der Waals surface area (Å²) in [5, 5.41) is 8.93. The van der Waals surface area contributed by atoms with Gasteiger partial charge in [0.1, 0.15) is 5.75 Å². The number of carbonyl (C=O) groups is 1. The molecule has 3 N–H and O–H groups in total. The van der Waals surface area contributed by atoms with Gasteiger partial charge in [-0.2, -0.15) is 0 Å². The Morgan fingerprint density at radius 1 is 1.24 bits per heavy atom. The van der Waals surface area contributed by atoms with Crippen molar-refractivity contribution in [1.82, 2.24) is 4.98 Å². The van der Waals surface area contributed by atoms with Gasteiger partial charge < -0.3 is 15.6 Å². The molecule has 5 nitrogen and oxygen atoms in total. The lowest BCUT2D eigenvalue weighted by atomic mass is 10.1. The molecule has 0 aliphatic heterocycles.